The second kappa shape index (κ2) is 16.0. The van der Waals surface area contributed by atoms with Gasteiger partial charge in [0.2, 0.25) is 0 Å². The van der Waals surface area contributed by atoms with E-state index in [0.717, 1.165) is 19.3 Å². The average molecular weight is 321 g/mol. The fourth-order valence-corrected chi connectivity index (χ4v) is 2.61. The second-order valence-electron chi connectivity index (χ2n) is 4.82. The topological polar surface area (TPSA) is 52.6 Å². The van der Waals surface area contributed by atoms with Gasteiger partial charge in [-0.1, -0.05) is 64.7 Å². The van der Waals surface area contributed by atoms with Gasteiger partial charge in [0.05, 0.1) is 13.2 Å². The Morgan fingerprint density at radius 1 is 0.700 bits per heavy atom. The van der Waals surface area contributed by atoms with Crippen LogP contribution in [0.5, 0.6) is 0 Å². The maximum absolute atomic E-state index is 11.0. The molecule has 0 amide bonds. The fourth-order valence-electron chi connectivity index (χ4n) is 1.93. The Labute approximate surface area is 141 Å². The summed E-state index contributed by atoms with van der Waals surface area (Å²) in [6.07, 6.45) is 12.2. The quantitative estimate of drug-likeness (QED) is 0.364. The van der Waals surface area contributed by atoms with Gasteiger partial charge in [0.15, 0.2) is 0 Å². The summed E-state index contributed by atoms with van der Waals surface area (Å²) in [5, 5.41) is 0. The molecule has 0 bridgehead atoms. The molecule has 0 N–H and O–H groups in total. The standard InChI is InChI=1S/C14H30O4S.Mg.2H/c1-3-5-6-7-8-9-10-11-12-13-14-18-19(15,16)17-4-2;;;/h3-14H2,1-2H3;;;. The minimum absolute atomic E-state index is 0. The van der Waals surface area contributed by atoms with Crippen LogP contribution in [0.3, 0.4) is 0 Å². The smallest absolute Gasteiger partial charge is 0.248 e. The van der Waals surface area contributed by atoms with Crippen LogP contribution in [0, 0.1) is 0 Å². The Hall–Kier alpha value is 0.636. The highest BCUT2D eigenvalue weighted by molar-refractivity contribution is 7.81. The van der Waals surface area contributed by atoms with Crippen LogP contribution < -0.4 is 0 Å². The zero-order valence-electron chi connectivity index (χ0n) is 12.5. The zero-order valence-corrected chi connectivity index (χ0v) is 13.3. The summed E-state index contributed by atoms with van der Waals surface area (Å²) in [6, 6.07) is 0. The van der Waals surface area contributed by atoms with Crippen molar-refractivity contribution < 1.29 is 16.8 Å². The lowest BCUT2D eigenvalue weighted by molar-refractivity contribution is 0.218. The van der Waals surface area contributed by atoms with Gasteiger partial charge < -0.3 is 0 Å². The summed E-state index contributed by atoms with van der Waals surface area (Å²) >= 11 is 0. The van der Waals surface area contributed by atoms with Crippen LogP contribution in [0.25, 0.3) is 0 Å². The normalized spacial score (nSPS) is 11.3. The van der Waals surface area contributed by atoms with Crippen molar-refractivity contribution in [3.8, 4) is 0 Å². The molecule has 0 spiro atoms. The number of unbranched alkanes of at least 4 members (excludes halogenated alkanes) is 9. The Morgan fingerprint density at radius 2 is 1.15 bits per heavy atom. The lowest BCUT2D eigenvalue weighted by Gasteiger charge is -2.04. The first-order valence-corrected chi connectivity index (χ1v) is 8.99. The lowest BCUT2D eigenvalue weighted by Crippen LogP contribution is -2.10. The molecule has 120 valence electrons. The Balaban J connectivity index is 0. The van der Waals surface area contributed by atoms with Crippen LogP contribution in [0.15, 0.2) is 0 Å². The molecule has 0 aliphatic rings. The van der Waals surface area contributed by atoms with Crippen molar-refractivity contribution in [1.82, 2.24) is 0 Å². The van der Waals surface area contributed by atoms with Crippen molar-refractivity contribution >= 4 is 33.5 Å². The summed E-state index contributed by atoms with van der Waals surface area (Å²) in [7, 11) is -3.74. The Kier molecular flexibility index (Phi) is 18.3. The highest BCUT2D eigenvalue weighted by Crippen LogP contribution is 2.10. The van der Waals surface area contributed by atoms with Gasteiger partial charge >= 0.3 is 33.5 Å². The minimum atomic E-state index is -3.74. The molecule has 4 nitrogen and oxygen atoms in total. The third-order valence-corrected chi connectivity index (χ3v) is 3.97. The highest BCUT2D eigenvalue weighted by Gasteiger charge is 2.09. The van der Waals surface area contributed by atoms with Gasteiger partial charge in [0.25, 0.3) is 0 Å². The van der Waals surface area contributed by atoms with E-state index in [1.807, 2.05) is 0 Å². The van der Waals surface area contributed by atoms with Crippen LogP contribution in [-0.2, 0) is 18.8 Å². The Bertz CT molecular complexity index is 281. The van der Waals surface area contributed by atoms with Crippen LogP contribution in [-0.4, -0.2) is 44.7 Å². The summed E-state index contributed by atoms with van der Waals surface area (Å²) in [6.45, 7) is 4.22. The molecule has 0 aliphatic heterocycles. The highest BCUT2D eigenvalue weighted by atomic mass is 32.3. The van der Waals surface area contributed by atoms with E-state index >= 15 is 0 Å². The van der Waals surface area contributed by atoms with Crippen LogP contribution in [0.1, 0.15) is 78.1 Å². The molecule has 6 heteroatoms. The summed E-state index contributed by atoms with van der Waals surface area (Å²) in [4.78, 5) is 0. The molecular weight excluding hydrogens is 289 g/mol. The van der Waals surface area contributed by atoms with Gasteiger partial charge in [-0.05, 0) is 13.3 Å². The van der Waals surface area contributed by atoms with Crippen molar-refractivity contribution in [2.75, 3.05) is 13.2 Å². The predicted molar refractivity (Wildman–Crippen MR) is 86.9 cm³/mol. The first-order chi connectivity index (χ1) is 9.12. The number of rotatable bonds is 14. The van der Waals surface area contributed by atoms with Gasteiger partial charge in [-0.15, -0.1) is 0 Å². The number of hydrogen-bond donors (Lipinski definition) is 0. The van der Waals surface area contributed by atoms with Crippen molar-refractivity contribution in [2.24, 2.45) is 0 Å². The molecule has 0 saturated heterocycles. The van der Waals surface area contributed by atoms with Crippen molar-refractivity contribution in [1.29, 1.82) is 0 Å². The van der Waals surface area contributed by atoms with E-state index in [9.17, 15) is 8.42 Å². The SMILES string of the molecule is CCCCCCCCCCCCOS(=O)(=O)OCC.[MgH2]. The molecule has 0 saturated carbocycles. The van der Waals surface area contributed by atoms with Gasteiger partial charge in [-0.2, -0.15) is 8.42 Å². The minimum Gasteiger partial charge on any atom is -0.248 e. The molecule has 0 unspecified atom stereocenters. The molecule has 0 fully saturated rings. The van der Waals surface area contributed by atoms with E-state index in [1.54, 1.807) is 6.92 Å². The van der Waals surface area contributed by atoms with Gasteiger partial charge in [0.1, 0.15) is 0 Å². The first kappa shape index (κ1) is 22.9. The molecule has 0 atom stereocenters. The molecule has 0 rings (SSSR count). The van der Waals surface area contributed by atoms with Gasteiger partial charge in [-0.25, -0.2) is 8.37 Å². The average Bonchev–Trinajstić information content (AvgIpc) is 2.36. The second-order valence-corrected chi connectivity index (χ2v) is 6.11. The van der Waals surface area contributed by atoms with Crippen molar-refractivity contribution in [3.05, 3.63) is 0 Å². The summed E-state index contributed by atoms with van der Waals surface area (Å²) < 4.78 is 31.3. The summed E-state index contributed by atoms with van der Waals surface area (Å²) in [5.41, 5.74) is 0. The molecule has 0 radical (unpaired) electrons. The monoisotopic (exact) mass is 320 g/mol. The van der Waals surface area contributed by atoms with E-state index in [0.29, 0.717) is 0 Å². The first-order valence-electron chi connectivity index (χ1n) is 7.66. The molecule has 0 aromatic carbocycles. The van der Waals surface area contributed by atoms with Gasteiger partial charge in [-0.3, -0.25) is 0 Å². The number of hydrogen-bond acceptors (Lipinski definition) is 4. The predicted octanol–water partition coefficient (Wildman–Crippen LogP) is 3.29. The third-order valence-electron chi connectivity index (χ3n) is 2.99. The lowest BCUT2D eigenvalue weighted by atomic mass is 10.1. The van der Waals surface area contributed by atoms with E-state index in [4.69, 9.17) is 4.18 Å². The maximum Gasteiger partial charge on any atom is 0.399 e. The zero-order chi connectivity index (χ0) is 14.4. The maximum atomic E-state index is 11.0. The summed E-state index contributed by atoms with van der Waals surface area (Å²) in [5.74, 6) is 0. The van der Waals surface area contributed by atoms with E-state index in [1.165, 1.54) is 44.9 Å². The molecular formula is C14H32MgO4S. The molecule has 0 aliphatic carbocycles. The van der Waals surface area contributed by atoms with Crippen LogP contribution >= 0.6 is 0 Å². The van der Waals surface area contributed by atoms with Gasteiger partial charge in [0, 0.05) is 0 Å². The molecule has 0 aromatic rings. The van der Waals surface area contributed by atoms with E-state index in [-0.39, 0.29) is 36.3 Å². The van der Waals surface area contributed by atoms with Crippen LogP contribution in [0.2, 0.25) is 0 Å². The van der Waals surface area contributed by atoms with Crippen LogP contribution in [0.4, 0.5) is 0 Å². The largest absolute Gasteiger partial charge is 0.399 e. The van der Waals surface area contributed by atoms with E-state index in [2.05, 4.69) is 11.1 Å². The van der Waals surface area contributed by atoms with Crippen molar-refractivity contribution in [3.63, 3.8) is 0 Å². The van der Waals surface area contributed by atoms with Crippen molar-refractivity contribution in [2.45, 2.75) is 78.1 Å². The molecule has 0 heterocycles. The Morgan fingerprint density at radius 3 is 1.60 bits per heavy atom. The third kappa shape index (κ3) is 16.7. The van der Waals surface area contributed by atoms with E-state index < -0.39 is 10.4 Å². The fraction of sp³-hybridized carbons (Fsp3) is 1.00. The molecule has 0 aromatic heterocycles. The molecule has 20 heavy (non-hydrogen) atoms.